The third-order valence-corrected chi connectivity index (χ3v) is 10.1. The lowest BCUT2D eigenvalue weighted by Gasteiger charge is -2.41. The summed E-state index contributed by atoms with van der Waals surface area (Å²) < 4.78 is 1.22. The molecule has 0 amide bonds. The smallest absolute Gasteiger partial charge is 0.258 e. The molecule has 0 aliphatic heterocycles. The van der Waals surface area contributed by atoms with E-state index in [1.807, 2.05) is 36.4 Å². The highest BCUT2D eigenvalue weighted by Gasteiger charge is 2.49. The van der Waals surface area contributed by atoms with Gasteiger partial charge in [0.1, 0.15) is 0 Å². The summed E-state index contributed by atoms with van der Waals surface area (Å²) in [4.78, 5) is 12.0. The van der Waals surface area contributed by atoms with Crippen LogP contribution in [0.1, 0.15) is 39.5 Å². The molecule has 0 aliphatic carbocycles. The minimum atomic E-state index is -2.79. The second-order valence-electron chi connectivity index (χ2n) is 6.83. The van der Waals surface area contributed by atoms with Crippen molar-refractivity contribution in [2.45, 2.75) is 44.6 Å². The highest BCUT2D eigenvalue weighted by molar-refractivity contribution is 14.1. The third-order valence-electron chi connectivity index (χ3n) is 4.80. The molecule has 0 atom stereocenters. The number of halogens is 1. The number of rotatable bonds is 8. The Morgan fingerprint density at radius 1 is 0.826 bits per heavy atom. The largest absolute Gasteiger partial charge is 0.424 e. The minimum Gasteiger partial charge on any atom is -0.424 e. The second kappa shape index (κ2) is 8.45. The molecular formula is C20H27IOSi. The molecule has 0 saturated heterocycles. The molecule has 0 saturated carbocycles. The molecule has 0 aromatic heterocycles. The maximum absolute atomic E-state index is 12.0. The fraction of sp³-hybridized carbons (Fsp3) is 0.400. The number of hydrogen-bond donors (Lipinski definition) is 1. The predicted molar refractivity (Wildman–Crippen MR) is 112 cm³/mol. The fourth-order valence-electron chi connectivity index (χ4n) is 3.33. The van der Waals surface area contributed by atoms with Crippen molar-refractivity contribution in [1.29, 1.82) is 0 Å². The lowest BCUT2D eigenvalue weighted by molar-refractivity contribution is 0.451. The van der Waals surface area contributed by atoms with Gasteiger partial charge >= 0.3 is 0 Å². The number of unbranched alkanes of at least 4 members (excludes halogenated alkanes) is 2. The molecule has 1 nitrogen and oxygen atoms in total. The van der Waals surface area contributed by atoms with Gasteiger partial charge in [0.05, 0.1) is 0 Å². The van der Waals surface area contributed by atoms with Gasteiger partial charge in [0.15, 0.2) is 0 Å². The Bertz CT molecular complexity index is 544. The van der Waals surface area contributed by atoms with E-state index in [0.29, 0.717) is 0 Å². The first-order valence-electron chi connectivity index (χ1n) is 8.42. The topological polar surface area (TPSA) is 20.2 Å². The first-order valence-corrected chi connectivity index (χ1v) is 11.9. The van der Waals surface area contributed by atoms with E-state index in [1.165, 1.54) is 23.7 Å². The first kappa shape index (κ1) is 18.7. The summed E-state index contributed by atoms with van der Waals surface area (Å²) in [5.74, 6) is 0. The molecule has 23 heavy (non-hydrogen) atoms. The van der Waals surface area contributed by atoms with Gasteiger partial charge < -0.3 is 4.80 Å². The van der Waals surface area contributed by atoms with Gasteiger partial charge in [-0.25, -0.2) is 0 Å². The third kappa shape index (κ3) is 4.25. The Labute approximate surface area is 155 Å². The van der Waals surface area contributed by atoms with Crippen LogP contribution in [0.3, 0.4) is 0 Å². The van der Waals surface area contributed by atoms with E-state index in [2.05, 4.69) is 60.7 Å². The Morgan fingerprint density at radius 2 is 1.30 bits per heavy atom. The lowest BCUT2D eigenvalue weighted by Crippen LogP contribution is -2.65. The van der Waals surface area contributed by atoms with Crippen LogP contribution in [-0.2, 0) is 0 Å². The van der Waals surface area contributed by atoms with Crippen LogP contribution >= 0.6 is 22.6 Å². The van der Waals surface area contributed by atoms with Gasteiger partial charge in [-0.3, -0.25) is 0 Å². The maximum atomic E-state index is 12.0. The molecule has 2 rings (SSSR count). The normalized spacial score (nSPS) is 12.3. The monoisotopic (exact) mass is 438 g/mol. The van der Waals surface area contributed by atoms with Crippen LogP contribution in [0.4, 0.5) is 0 Å². The molecule has 0 unspecified atom stereocenters. The van der Waals surface area contributed by atoms with E-state index in [-0.39, 0.29) is 5.04 Å². The van der Waals surface area contributed by atoms with Crippen molar-refractivity contribution in [3.05, 3.63) is 60.7 Å². The van der Waals surface area contributed by atoms with E-state index in [9.17, 15) is 4.80 Å². The van der Waals surface area contributed by atoms with Gasteiger partial charge in [-0.1, -0.05) is 110 Å². The zero-order valence-corrected chi connectivity index (χ0v) is 17.3. The summed E-state index contributed by atoms with van der Waals surface area (Å²) in [5, 5.41) is 2.14. The van der Waals surface area contributed by atoms with Crippen molar-refractivity contribution in [2.24, 2.45) is 0 Å². The van der Waals surface area contributed by atoms with Gasteiger partial charge in [-0.2, -0.15) is 0 Å². The lowest BCUT2D eigenvalue weighted by atomic mass is 10.0. The van der Waals surface area contributed by atoms with Crippen LogP contribution in [-0.4, -0.2) is 17.5 Å². The van der Waals surface area contributed by atoms with Crippen molar-refractivity contribution < 1.29 is 4.80 Å². The highest BCUT2D eigenvalue weighted by Crippen LogP contribution is 2.40. The summed E-state index contributed by atoms with van der Waals surface area (Å²) in [7, 11) is -2.79. The molecular weight excluding hydrogens is 411 g/mol. The van der Waals surface area contributed by atoms with Gasteiger partial charge in [0.25, 0.3) is 8.32 Å². The molecule has 0 heterocycles. The fourth-order valence-corrected chi connectivity index (χ4v) is 7.65. The van der Waals surface area contributed by atoms with E-state index < -0.39 is 8.32 Å². The summed E-state index contributed by atoms with van der Waals surface area (Å²) in [5.41, 5.74) is 0. The van der Waals surface area contributed by atoms with Crippen molar-refractivity contribution in [3.63, 3.8) is 0 Å². The molecule has 3 heteroatoms. The number of benzene rings is 2. The molecule has 2 aromatic rings. The van der Waals surface area contributed by atoms with E-state index in [4.69, 9.17) is 0 Å². The van der Waals surface area contributed by atoms with Gasteiger partial charge in [-0.15, -0.1) is 0 Å². The predicted octanol–water partition coefficient (Wildman–Crippen LogP) is 4.51. The van der Waals surface area contributed by atoms with Crippen LogP contribution in [0.15, 0.2) is 60.7 Å². The van der Waals surface area contributed by atoms with E-state index in [0.717, 1.165) is 16.8 Å². The van der Waals surface area contributed by atoms with E-state index in [1.54, 1.807) is 0 Å². The number of hydrogen-bond acceptors (Lipinski definition) is 1. The first-order chi connectivity index (χ1) is 11.0. The van der Waals surface area contributed by atoms with E-state index >= 15 is 0 Å². The summed E-state index contributed by atoms with van der Waals surface area (Å²) >= 11 is 2.44. The molecule has 1 N–H and O–H groups in total. The molecule has 0 radical (unpaired) electrons. The van der Waals surface area contributed by atoms with Gasteiger partial charge in [0.2, 0.25) is 0 Å². The van der Waals surface area contributed by atoms with Crippen LogP contribution in [0.2, 0.25) is 5.04 Å². The van der Waals surface area contributed by atoms with Crippen molar-refractivity contribution in [2.75, 3.05) is 4.43 Å². The van der Waals surface area contributed by atoms with Crippen molar-refractivity contribution >= 4 is 41.3 Å². The summed E-state index contributed by atoms with van der Waals surface area (Å²) in [6.07, 6.45) is 4.77. The average Bonchev–Trinajstić information content (AvgIpc) is 2.59. The Morgan fingerprint density at radius 3 is 1.74 bits per heavy atom. The molecule has 0 fully saturated rings. The van der Waals surface area contributed by atoms with Gasteiger partial charge in [-0.05, 0) is 32.7 Å². The second-order valence-corrected chi connectivity index (χ2v) is 11.8. The van der Waals surface area contributed by atoms with Crippen LogP contribution < -0.4 is 10.4 Å². The van der Waals surface area contributed by atoms with Crippen LogP contribution in [0.25, 0.3) is 0 Å². The quantitative estimate of drug-likeness (QED) is 0.278. The molecule has 124 valence electrons. The Hall–Kier alpha value is -0.653. The molecule has 2 aromatic carbocycles. The van der Waals surface area contributed by atoms with Gasteiger partial charge in [0, 0.05) is 0 Å². The summed E-state index contributed by atoms with van der Waals surface area (Å²) in [6.45, 7) is 4.51. The Kier molecular flexibility index (Phi) is 6.86. The van der Waals surface area contributed by atoms with Crippen LogP contribution in [0, 0.1) is 0 Å². The zero-order valence-electron chi connectivity index (χ0n) is 14.1. The zero-order chi connectivity index (χ0) is 16.8. The standard InChI is InChI=1S/C20H27IOSi/c1-20(2,16-10-5-11-17-21)23(22,18-12-6-3-7-13-18)19-14-8-4-9-15-19/h3-4,6-9,12-15,22H,5,10-11,16-17H2,1-2H3. The van der Waals surface area contributed by atoms with Crippen LogP contribution in [0.5, 0.6) is 0 Å². The maximum Gasteiger partial charge on any atom is 0.258 e. The molecule has 0 spiro atoms. The summed E-state index contributed by atoms with van der Waals surface area (Å²) in [6, 6.07) is 20.6. The highest BCUT2D eigenvalue weighted by atomic mass is 127. The minimum absolute atomic E-state index is 0.0963. The SMILES string of the molecule is CC(C)(CCCCCI)[Si](O)(c1ccccc1)c1ccccc1. The Balaban J connectivity index is 2.38. The van der Waals surface area contributed by atoms with Crippen molar-refractivity contribution in [3.8, 4) is 0 Å². The average molecular weight is 438 g/mol. The molecule has 0 aliphatic rings. The molecule has 0 bridgehead atoms. The van der Waals surface area contributed by atoms with Crippen molar-refractivity contribution in [1.82, 2.24) is 0 Å². The number of alkyl halides is 1.